The Hall–Kier alpha value is -3.06. The molecule has 0 unspecified atom stereocenters. The van der Waals surface area contributed by atoms with Gasteiger partial charge >= 0.3 is 0 Å². The number of fused-ring (bicyclic) bond motifs is 3. The third kappa shape index (κ3) is 3.02. The van der Waals surface area contributed by atoms with E-state index in [-0.39, 0.29) is 11.5 Å². The zero-order chi connectivity index (χ0) is 20.0. The number of amides is 1. The molecule has 146 valence electrons. The summed E-state index contributed by atoms with van der Waals surface area (Å²) in [5.74, 6) is 0.620. The van der Waals surface area contributed by atoms with Crippen molar-refractivity contribution in [2.75, 3.05) is 5.32 Å². The molecular weight excluding hydrogens is 384 g/mol. The summed E-state index contributed by atoms with van der Waals surface area (Å²) in [6.45, 7) is 2.54. The highest BCUT2D eigenvalue weighted by Gasteiger charge is 2.22. The Morgan fingerprint density at radius 2 is 2.07 bits per heavy atom. The first-order valence-corrected chi connectivity index (χ1v) is 10.6. The first-order valence-electron chi connectivity index (χ1n) is 9.81. The summed E-state index contributed by atoms with van der Waals surface area (Å²) >= 11 is 1.30. The van der Waals surface area contributed by atoms with Crippen LogP contribution in [0.2, 0.25) is 0 Å². The predicted octanol–water partition coefficient (Wildman–Crippen LogP) is 4.29. The van der Waals surface area contributed by atoms with Crippen molar-refractivity contribution < 1.29 is 4.79 Å². The van der Waals surface area contributed by atoms with Crippen molar-refractivity contribution in [3.05, 3.63) is 63.1 Å². The number of hydrogen-bond acceptors (Lipinski definition) is 5. The van der Waals surface area contributed by atoms with Crippen LogP contribution in [-0.4, -0.2) is 20.4 Å². The van der Waals surface area contributed by atoms with Gasteiger partial charge in [-0.05, 0) is 49.6 Å². The number of anilines is 1. The summed E-state index contributed by atoms with van der Waals surface area (Å²) in [7, 11) is 0. The highest BCUT2D eigenvalue weighted by Crippen LogP contribution is 2.30. The molecule has 0 radical (unpaired) electrons. The van der Waals surface area contributed by atoms with Crippen molar-refractivity contribution >= 4 is 44.1 Å². The standard InChI is InChI=1S/C22H20N4O2S/c1-13-18-21(25-17-10-3-2-4-12-26(17)22(18)28)29-19(13)20(27)24-16-9-5-8-15-14(16)7-6-11-23-15/h5-9,11H,2-4,10,12H2,1H3,(H,24,27). The maximum atomic E-state index is 13.1. The van der Waals surface area contributed by atoms with Gasteiger partial charge in [-0.3, -0.25) is 19.1 Å². The van der Waals surface area contributed by atoms with Gasteiger partial charge in [0.15, 0.2) is 0 Å². The van der Waals surface area contributed by atoms with E-state index < -0.39 is 0 Å². The first kappa shape index (κ1) is 18.0. The van der Waals surface area contributed by atoms with Crippen molar-refractivity contribution in [2.45, 2.75) is 39.2 Å². The molecule has 6 nitrogen and oxygen atoms in total. The molecule has 1 aromatic carbocycles. The fourth-order valence-corrected chi connectivity index (χ4v) is 5.10. The lowest BCUT2D eigenvalue weighted by atomic mass is 10.1. The van der Waals surface area contributed by atoms with Crippen LogP contribution in [0.15, 0.2) is 41.3 Å². The van der Waals surface area contributed by atoms with Crippen molar-refractivity contribution in [1.29, 1.82) is 0 Å². The van der Waals surface area contributed by atoms with Gasteiger partial charge < -0.3 is 5.32 Å². The summed E-state index contributed by atoms with van der Waals surface area (Å²) in [6, 6.07) is 9.42. The molecule has 1 aliphatic rings. The van der Waals surface area contributed by atoms with Gasteiger partial charge in [0.05, 0.1) is 21.5 Å². The largest absolute Gasteiger partial charge is 0.321 e. The van der Waals surface area contributed by atoms with E-state index in [0.717, 1.165) is 42.4 Å². The Balaban J connectivity index is 1.58. The topological polar surface area (TPSA) is 76.9 Å². The molecule has 0 bridgehead atoms. The molecule has 4 aromatic rings. The minimum absolute atomic E-state index is 0.0194. The van der Waals surface area contributed by atoms with E-state index in [0.29, 0.717) is 32.9 Å². The molecular formula is C22H20N4O2S. The second-order valence-corrected chi connectivity index (χ2v) is 8.36. The minimum Gasteiger partial charge on any atom is -0.321 e. The normalized spacial score (nSPS) is 14.0. The van der Waals surface area contributed by atoms with Crippen molar-refractivity contribution in [3.8, 4) is 0 Å². The van der Waals surface area contributed by atoms with Crippen LogP contribution in [0.25, 0.3) is 21.1 Å². The van der Waals surface area contributed by atoms with Crippen LogP contribution >= 0.6 is 11.3 Å². The monoisotopic (exact) mass is 404 g/mol. The summed E-state index contributed by atoms with van der Waals surface area (Å²) in [5.41, 5.74) is 2.21. The molecule has 0 spiro atoms. The molecule has 0 atom stereocenters. The van der Waals surface area contributed by atoms with Crippen LogP contribution in [0.1, 0.15) is 40.3 Å². The van der Waals surface area contributed by atoms with E-state index in [9.17, 15) is 9.59 Å². The Morgan fingerprint density at radius 1 is 1.17 bits per heavy atom. The van der Waals surface area contributed by atoms with E-state index in [1.807, 2.05) is 37.3 Å². The second-order valence-electron chi connectivity index (χ2n) is 7.36. The molecule has 0 saturated carbocycles. The Morgan fingerprint density at radius 3 is 2.97 bits per heavy atom. The molecule has 4 heterocycles. The van der Waals surface area contributed by atoms with Crippen LogP contribution < -0.4 is 10.9 Å². The number of benzene rings is 1. The number of carbonyl (C=O) groups is 1. The summed E-state index contributed by atoms with van der Waals surface area (Å²) in [4.78, 5) is 36.5. The number of hydrogen-bond donors (Lipinski definition) is 1. The Bertz CT molecular complexity index is 1320. The minimum atomic E-state index is -0.221. The third-order valence-corrected chi connectivity index (χ3v) is 6.70. The van der Waals surface area contributed by atoms with Gasteiger partial charge in [-0.25, -0.2) is 4.98 Å². The van der Waals surface area contributed by atoms with Crippen molar-refractivity contribution in [3.63, 3.8) is 0 Å². The second kappa shape index (κ2) is 7.08. The molecule has 1 amide bonds. The number of rotatable bonds is 2. The number of thiophene rings is 1. The fraction of sp³-hybridized carbons (Fsp3) is 0.273. The van der Waals surface area contributed by atoms with E-state index in [1.165, 1.54) is 11.3 Å². The quantitative estimate of drug-likeness (QED) is 0.541. The lowest BCUT2D eigenvalue weighted by Gasteiger charge is -2.08. The first-order chi connectivity index (χ1) is 14.1. The van der Waals surface area contributed by atoms with Crippen LogP contribution in [0.3, 0.4) is 0 Å². The average molecular weight is 404 g/mol. The summed E-state index contributed by atoms with van der Waals surface area (Å²) in [5, 5.41) is 4.45. The highest BCUT2D eigenvalue weighted by molar-refractivity contribution is 7.20. The Labute approximate surface area is 171 Å². The number of aromatic nitrogens is 3. The van der Waals surface area contributed by atoms with Gasteiger partial charge in [0, 0.05) is 24.5 Å². The summed E-state index contributed by atoms with van der Waals surface area (Å²) in [6.07, 6.45) is 5.69. The van der Waals surface area contributed by atoms with Crippen LogP contribution in [0.4, 0.5) is 5.69 Å². The number of pyridine rings is 1. The predicted molar refractivity (Wildman–Crippen MR) is 116 cm³/mol. The van der Waals surface area contributed by atoms with Crippen LogP contribution in [-0.2, 0) is 13.0 Å². The van der Waals surface area contributed by atoms with E-state index in [4.69, 9.17) is 4.98 Å². The lowest BCUT2D eigenvalue weighted by molar-refractivity contribution is 0.103. The maximum absolute atomic E-state index is 13.1. The van der Waals surface area contributed by atoms with Gasteiger partial charge in [-0.2, -0.15) is 0 Å². The van der Waals surface area contributed by atoms with E-state index >= 15 is 0 Å². The van der Waals surface area contributed by atoms with Crippen molar-refractivity contribution in [2.24, 2.45) is 0 Å². The van der Waals surface area contributed by atoms with Crippen LogP contribution in [0.5, 0.6) is 0 Å². The molecule has 0 fully saturated rings. The van der Waals surface area contributed by atoms with Gasteiger partial charge in [0.2, 0.25) is 0 Å². The van der Waals surface area contributed by atoms with E-state index in [2.05, 4.69) is 10.3 Å². The number of aryl methyl sites for hydroxylation is 2. The molecule has 0 saturated heterocycles. The molecule has 5 rings (SSSR count). The zero-order valence-electron chi connectivity index (χ0n) is 16.1. The molecule has 29 heavy (non-hydrogen) atoms. The van der Waals surface area contributed by atoms with Gasteiger partial charge in [-0.1, -0.05) is 12.5 Å². The number of nitrogens with zero attached hydrogens (tertiary/aromatic N) is 3. The van der Waals surface area contributed by atoms with Gasteiger partial charge in [0.25, 0.3) is 11.5 Å². The van der Waals surface area contributed by atoms with Crippen LogP contribution in [0, 0.1) is 6.92 Å². The zero-order valence-corrected chi connectivity index (χ0v) is 16.9. The molecule has 7 heteroatoms. The smallest absolute Gasteiger partial charge is 0.266 e. The van der Waals surface area contributed by atoms with E-state index in [1.54, 1.807) is 10.8 Å². The number of nitrogens with one attached hydrogen (secondary N) is 1. The maximum Gasteiger partial charge on any atom is 0.266 e. The van der Waals surface area contributed by atoms with Gasteiger partial charge in [-0.15, -0.1) is 11.3 Å². The highest BCUT2D eigenvalue weighted by atomic mass is 32.1. The fourth-order valence-electron chi connectivity index (χ4n) is 4.02. The SMILES string of the molecule is Cc1c(C(=O)Nc2cccc3ncccc23)sc2nc3n(c(=O)c12)CCCCC3. The molecule has 3 aromatic heterocycles. The molecule has 1 aliphatic heterocycles. The average Bonchev–Trinajstić information content (AvgIpc) is 2.89. The molecule has 0 aliphatic carbocycles. The lowest BCUT2D eigenvalue weighted by Crippen LogP contribution is -2.24. The summed E-state index contributed by atoms with van der Waals surface area (Å²) < 4.78 is 1.80. The Kier molecular flexibility index (Phi) is 4.39. The third-order valence-electron chi connectivity index (χ3n) is 5.51. The molecule has 1 N–H and O–H groups in total. The number of carbonyl (C=O) groups excluding carboxylic acids is 1. The van der Waals surface area contributed by atoms with Crippen molar-refractivity contribution in [1.82, 2.24) is 14.5 Å². The van der Waals surface area contributed by atoms with Gasteiger partial charge in [0.1, 0.15) is 10.7 Å².